The van der Waals surface area contributed by atoms with Crippen LogP contribution in [0.25, 0.3) is 0 Å². The Kier molecular flexibility index (Phi) is 11.6. The normalized spacial score (nSPS) is 14.3. The van der Waals surface area contributed by atoms with Gasteiger partial charge in [-0.15, -0.1) is 5.10 Å². The summed E-state index contributed by atoms with van der Waals surface area (Å²) in [7, 11) is 8.51. The number of nitrogens with one attached hydrogen (secondary N) is 1. The van der Waals surface area contributed by atoms with Gasteiger partial charge in [-0.25, -0.2) is 19.3 Å². The third kappa shape index (κ3) is 8.10. The third-order valence-corrected chi connectivity index (χ3v) is 7.80. The fourth-order valence-corrected chi connectivity index (χ4v) is 5.58. The minimum Gasteiger partial charge on any atom is -0.483 e. The van der Waals surface area contributed by atoms with Gasteiger partial charge in [-0.05, 0) is 42.8 Å². The number of amides is 1. The molecule has 1 amide bonds. The summed E-state index contributed by atoms with van der Waals surface area (Å²) in [6.07, 6.45) is -3.68. The van der Waals surface area contributed by atoms with Crippen molar-refractivity contribution in [3.8, 4) is 6.07 Å². The van der Waals surface area contributed by atoms with Gasteiger partial charge in [0.15, 0.2) is 0 Å². The average Bonchev–Trinajstić information content (AvgIpc) is 3.40. The van der Waals surface area contributed by atoms with Crippen LogP contribution in [0.3, 0.4) is 0 Å². The first-order valence-corrected chi connectivity index (χ1v) is 14.6. The smallest absolute Gasteiger partial charge is 0.416 e. The number of anilines is 2. The molecule has 16 heteroatoms. The molecule has 1 aliphatic heterocycles. The van der Waals surface area contributed by atoms with E-state index in [-0.39, 0.29) is 35.3 Å². The second-order valence-electron chi connectivity index (χ2n) is 11.8. The molecule has 0 saturated carbocycles. The number of halogens is 3. The molecule has 13 nitrogen and oxygen atoms in total. The highest BCUT2D eigenvalue weighted by molar-refractivity contribution is 5.93. The predicted molar refractivity (Wildman–Crippen MR) is 168 cm³/mol. The number of aromatic nitrogens is 3. The number of quaternary nitrogens is 1. The first kappa shape index (κ1) is 37.0. The van der Waals surface area contributed by atoms with Gasteiger partial charge in [-0.3, -0.25) is 14.5 Å². The van der Waals surface area contributed by atoms with E-state index < -0.39 is 29.4 Å². The summed E-state index contributed by atoms with van der Waals surface area (Å²) in [5.41, 5.74) is 0.169. The Bertz CT molecular complexity index is 1800. The number of hydrogen-bond donors (Lipinski definition) is 2. The van der Waals surface area contributed by atoms with Crippen LogP contribution in [0.1, 0.15) is 48.1 Å². The molecule has 2 aromatic carbocycles. The van der Waals surface area contributed by atoms with E-state index in [0.29, 0.717) is 47.1 Å². The summed E-state index contributed by atoms with van der Waals surface area (Å²) in [5.74, 6) is -0.815. The maximum atomic E-state index is 13.6. The van der Waals surface area contributed by atoms with Gasteiger partial charge in [-0.1, -0.05) is 12.1 Å². The third-order valence-electron chi connectivity index (χ3n) is 7.80. The molecule has 1 aliphatic rings. The molecular formula is C32H37F3N7O6+. The summed E-state index contributed by atoms with van der Waals surface area (Å²) in [6.45, 7) is 2.27. The zero-order valence-electron chi connectivity index (χ0n) is 27.3. The fraction of sp³-hybridized carbons (Fsp3) is 0.375. The monoisotopic (exact) mass is 672 g/mol. The number of benzene rings is 2. The van der Waals surface area contributed by atoms with Crippen molar-refractivity contribution < 1.29 is 41.9 Å². The number of H-pyrrole nitrogens is 1. The number of carboxylic acid groups (broad SMARTS) is 1. The number of hydrogen-bond acceptors (Lipinski definition) is 8. The van der Waals surface area contributed by atoms with E-state index in [1.165, 1.54) is 33.6 Å². The van der Waals surface area contributed by atoms with Gasteiger partial charge < -0.3 is 19.2 Å². The zero-order valence-corrected chi connectivity index (χ0v) is 27.3. The van der Waals surface area contributed by atoms with Gasteiger partial charge >= 0.3 is 17.8 Å². The van der Waals surface area contributed by atoms with E-state index in [1.807, 2.05) is 14.1 Å². The second kappa shape index (κ2) is 15.0. The van der Waals surface area contributed by atoms with Crippen molar-refractivity contribution in [3.05, 3.63) is 86.5 Å². The molecular weight excluding hydrogens is 635 g/mol. The molecule has 1 aromatic heterocycles. The van der Waals surface area contributed by atoms with Crippen LogP contribution in [0.15, 0.2) is 58.5 Å². The minimum absolute atomic E-state index is 0.00453. The van der Waals surface area contributed by atoms with E-state index >= 15 is 0 Å². The molecule has 2 N–H and O–H groups in total. The molecule has 0 saturated heterocycles. The standard InChI is InChI=1S/C31H34F3N7O4.CH2O2/c1-19-26(28(43)45-6)27(40-29(36-37-30(40)44)39(19)23-10-7-9-22(16-23)31(32,33)34)24-13-12-20(17-35)15-21(24)18-41(4,5)14-8-11-25(42)38(2)3;2-1-3/h7,9-10,12-13,15-16,27H,8,11,14,18H2,1-6H3;1H,(H,2,3)/p+1/t27-;/m1./s1. The number of methoxy groups -OCH3 is 1. The molecule has 0 fully saturated rings. The van der Waals surface area contributed by atoms with Crippen molar-refractivity contribution in [2.75, 3.05) is 46.7 Å². The van der Waals surface area contributed by atoms with Gasteiger partial charge in [0.25, 0.3) is 6.47 Å². The lowest BCUT2D eigenvalue weighted by Crippen LogP contribution is -2.41. The van der Waals surface area contributed by atoms with Gasteiger partial charge in [0.2, 0.25) is 11.9 Å². The lowest BCUT2D eigenvalue weighted by Gasteiger charge is -2.37. The number of ether oxygens (including phenoxy) is 1. The summed E-state index contributed by atoms with van der Waals surface area (Å²) in [6, 6.07) is 10.5. The van der Waals surface area contributed by atoms with Crippen molar-refractivity contribution in [2.45, 2.75) is 38.5 Å². The average molecular weight is 673 g/mol. The maximum absolute atomic E-state index is 13.6. The summed E-state index contributed by atoms with van der Waals surface area (Å²) < 4.78 is 47.7. The predicted octanol–water partition coefficient (Wildman–Crippen LogP) is 3.80. The summed E-state index contributed by atoms with van der Waals surface area (Å²) >= 11 is 0. The number of fused-ring (bicyclic) bond motifs is 1. The molecule has 0 bridgehead atoms. The van der Waals surface area contributed by atoms with Crippen LogP contribution in [-0.2, 0) is 31.8 Å². The Morgan fingerprint density at radius 3 is 2.46 bits per heavy atom. The molecule has 2 heterocycles. The highest BCUT2D eigenvalue weighted by atomic mass is 19.4. The van der Waals surface area contributed by atoms with Crippen LogP contribution < -0.4 is 10.6 Å². The molecule has 4 rings (SSSR count). The molecule has 0 aliphatic carbocycles. The quantitative estimate of drug-likeness (QED) is 0.196. The highest BCUT2D eigenvalue weighted by Gasteiger charge is 2.41. The summed E-state index contributed by atoms with van der Waals surface area (Å²) in [4.78, 5) is 50.2. The number of nitriles is 1. The zero-order chi connectivity index (χ0) is 36.0. The number of allylic oxidation sites excluding steroid dienone is 1. The van der Waals surface area contributed by atoms with Crippen LogP contribution in [0.5, 0.6) is 0 Å². The SMILES string of the molecule is COC(=O)C1=C(C)N(c2cccc(C(F)(F)F)c2)c2n[nH]c(=O)n2[C@@H]1c1ccc(C#N)cc1C[N+](C)(C)CCCC(=O)N(C)C.O=CO. The Balaban J connectivity index is 0.00000201. The second-order valence-corrected chi connectivity index (χ2v) is 11.8. The Morgan fingerprint density at radius 1 is 1.21 bits per heavy atom. The first-order chi connectivity index (χ1) is 22.5. The molecule has 256 valence electrons. The number of esters is 1. The van der Waals surface area contributed by atoms with Crippen molar-refractivity contribution in [3.63, 3.8) is 0 Å². The Hall–Kier alpha value is -5.43. The number of carbonyl (C=O) groups is 3. The van der Waals surface area contributed by atoms with Crippen molar-refractivity contribution in [1.82, 2.24) is 19.7 Å². The Morgan fingerprint density at radius 2 is 1.88 bits per heavy atom. The number of rotatable bonds is 9. The lowest BCUT2D eigenvalue weighted by molar-refractivity contribution is -0.903. The number of nitrogens with zero attached hydrogens (tertiary/aromatic N) is 6. The number of carbonyl (C=O) groups excluding carboxylic acids is 2. The van der Waals surface area contributed by atoms with E-state index in [1.54, 1.807) is 39.2 Å². The van der Waals surface area contributed by atoms with Crippen molar-refractivity contribution in [1.29, 1.82) is 5.26 Å². The minimum atomic E-state index is -4.63. The Labute approximate surface area is 274 Å². The van der Waals surface area contributed by atoms with Crippen LogP contribution in [0.2, 0.25) is 0 Å². The molecule has 0 unspecified atom stereocenters. The number of alkyl halides is 3. The highest BCUT2D eigenvalue weighted by Crippen LogP contribution is 2.43. The number of aromatic amines is 1. The lowest BCUT2D eigenvalue weighted by atomic mass is 9.89. The van der Waals surface area contributed by atoms with Gasteiger partial charge in [0.1, 0.15) is 12.6 Å². The van der Waals surface area contributed by atoms with E-state index in [2.05, 4.69) is 16.3 Å². The van der Waals surface area contributed by atoms with Crippen LogP contribution >= 0.6 is 0 Å². The van der Waals surface area contributed by atoms with Crippen molar-refractivity contribution in [2.24, 2.45) is 0 Å². The maximum Gasteiger partial charge on any atom is 0.416 e. The molecule has 1 atom stereocenters. The fourth-order valence-electron chi connectivity index (χ4n) is 5.58. The van der Waals surface area contributed by atoms with Gasteiger partial charge in [0.05, 0.1) is 50.5 Å². The molecule has 0 radical (unpaired) electrons. The molecule has 3 aromatic rings. The van der Waals surface area contributed by atoms with E-state index in [9.17, 15) is 32.8 Å². The first-order valence-electron chi connectivity index (χ1n) is 14.6. The largest absolute Gasteiger partial charge is 0.483 e. The summed E-state index contributed by atoms with van der Waals surface area (Å²) in [5, 5.41) is 23.1. The van der Waals surface area contributed by atoms with Gasteiger partial charge in [-0.2, -0.15) is 18.4 Å². The molecule has 0 spiro atoms. The van der Waals surface area contributed by atoms with Crippen molar-refractivity contribution >= 4 is 30.0 Å². The van der Waals surface area contributed by atoms with Crippen LogP contribution in [0, 0.1) is 11.3 Å². The van der Waals surface area contributed by atoms with E-state index in [4.69, 9.17) is 14.6 Å². The molecule has 48 heavy (non-hydrogen) atoms. The van der Waals surface area contributed by atoms with Gasteiger partial charge in [0, 0.05) is 43.9 Å². The topological polar surface area (TPSA) is 162 Å². The van der Waals surface area contributed by atoms with E-state index in [0.717, 1.165) is 12.1 Å². The van der Waals surface area contributed by atoms with Crippen LogP contribution in [-0.4, -0.2) is 89.4 Å². The van der Waals surface area contributed by atoms with Crippen LogP contribution in [0.4, 0.5) is 24.8 Å².